The monoisotopic (exact) mass is 201 g/mol. The number of imide groups is 1. The number of carbonyl (C=O) groups excluding carboxylic acids is 3. The average Bonchev–Trinajstić information content (AvgIpc) is 2.44. The van der Waals surface area contributed by atoms with Gasteiger partial charge < -0.3 is 5.32 Å². The number of hydroxylamine groups is 3. The van der Waals surface area contributed by atoms with Crippen LogP contribution in [-0.2, 0) is 14.5 Å². The molecule has 0 aromatic heterocycles. The fourth-order valence-electron chi connectivity index (χ4n) is 0.942. The number of rotatable bonds is 3. The van der Waals surface area contributed by atoms with Gasteiger partial charge in [0.2, 0.25) is 0 Å². The lowest BCUT2D eigenvalue weighted by molar-refractivity contribution is -0.201. The van der Waals surface area contributed by atoms with Gasteiger partial charge in [-0.15, -0.1) is 10.0 Å². The number of hydrogen-bond donors (Lipinski definition) is 2. The van der Waals surface area contributed by atoms with Gasteiger partial charge >= 0.3 is 6.03 Å². The molecule has 1 aliphatic heterocycles. The van der Waals surface area contributed by atoms with E-state index in [1.54, 1.807) is 6.92 Å². The van der Waals surface area contributed by atoms with Crippen LogP contribution >= 0.6 is 0 Å². The number of urea groups is 1. The first kappa shape index (κ1) is 10.5. The molecule has 1 heterocycles. The van der Waals surface area contributed by atoms with Gasteiger partial charge in [-0.2, -0.15) is 5.48 Å². The molecule has 0 atom stereocenters. The smallest absolute Gasteiger partial charge is 0.337 e. The average molecular weight is 201 g/mol. The van der Waals surface area contributed by atoms with Gasteiger partial charge in [-0.3, -0.25) is 9.59 Å². The van der Waals surface area contributed by atoms with Crippen molar-refractivity contribution in [2.24, 2.45) is 0 Å². The summed E-state index contributed by atoms with van der Waals surface area (Å²) in [5.74, 6) is -0.904. The second-order valence-corrected chi connectivity index (χ2v) is 2.63. The number of nitrogens with zero attached hydrogens (tertiary/aromatic N) is 1. The van der Waals surface area contributed by atoms with Crippen molar-refractivity contribution in [3.8, 4) is 0 Å². The summed E-state index contributed by atoms with van der Waals surface area (Å²) in [6.07, 6.45) is 0.242. The van der Waals surface area contributed by atoms with Crippen molar-refractivity contribution in [1.29, 1.82) is 0 Å². The first-order valence-corrected chi connectivity index (χ1v) is 4.21. The zero-order valence-corrected chi connectivity index (χ0v) is 7.70. The summed E-state index contributed by atoms with van der Waals surface area (Å²) in [6.45, 7) is 2.16. The lowest BCUT2D eigenvalue weighted by atomic mass is 10.4. The molecular formula is C7H11N3O4. The molecule has 2 N–H and O–H groups in total. The highest BCUT2D eigenvalue weighted by atomic mass is 16.8. The Morgan fingerprint density at radius 2 is 2.00 bits per heavy atom. The molecule has 0 spiro atoms. The van der Waals surface area contributed by atoms with Crippen molar-refractivity contribution in [3.05, 3.63) is 0 Å². The van der Waals surface area contributed by atoms with Crippen LogP contribution < -0.4 is 10.8 Å². The van der Waals surface area contributed by atoms with E-state index in [0.29, 0.717) is 11.6 Å². The second kappa shape index (κ2) is 4.56. The first-order chi connectivity index (χ1) is 6.65. The van der Waals surface area contributed by atoms with E-state index >= 15 is 0 Å². The molecule has 1 rings (SSSR count). The third-order valence-electron chi connectivity index (χ3n) is 1.57. The fraction of sp³-hybridized carbons (Fsp3) is 0.571. The molecule has 1 aliphatic rings. The highest BCUT2D eigenvalue weighted by molar-refractivity contribution is 6.00. The standard InChI is InChI=1S/C7H11N3O4/c1-2-8-7(13)9-14-10-5(11)3-4-6(10)12/h2-4H2,1H3,(H2,8,9,13). The van der Waals surface area contributed by atoms with Crippen LogP contribution in [0, 0.1) is 0 Å². The summed E-state index contributed by atoms with van der Waals surface area (Å²) in [4.78, 5) is 37.3. The van der Waals surface area contributed by atoms with Crippen molar-refractivity contribution in [2.75, 3.05) is 6.54 Å². The molecule has 7 heteroatoms. The molecule has 0 aromatic rings. The van der Waals surface area contributed by atoms with E-state index in [2.05, 4.69) is 10.3 Å². The molecule has 1 fully saturated rings. The van der Waals surface area contributed by atoms with Gasteiger partial charge in [-0.05, 0) is 6.92 Å². The third-order valence-corrected chi connectivity index (χ3v) is 1.57. The minimum absolute atomic E-state index is 0.121. The van der Waals surface area contributed by atoms with Crippen LogP contribution in [0.25, 0.3) is 0 Å². The molecule has 0 aliphatic carbocycles. The van der Waals surface area contributed by atoms with Crippen molar-refractivity contribution in [3.63, 3.8) is 0 Å². The fourth-order valence-corrected chi connectivity index (χ4v) is 0.942. The molecule has 7 nitrogen and oxygen atoms in total. The third kappa shape index (κ3) is 2.43. The molecular weight excluding hydrogens is 190 g/mol. The molecule has 14 heavy (non-hydrogen) atoms. The minimum atomic E-state index is -0.597. The van der Waals surface area contributed by atoms with E-state index in [1.165, 1.54) is 0 Å². The van der Waals surface area contributed by atoms with Crippen LogP contribution in [0.5, 0.6) is 0 Å². The van der Waals surface area contributed by atoms with Gasteiger partial charge in [0.05, 0.1) is 0 Å². The molecule has 0 radical (unpaired) electrons. The zero-order chi connectivity index (χ0) is 10.6. The second-order valence-electron chi connectivity index (χ2n) is 2.63. The van der Waals surface area contributed by atoms with Crippen molar-refractivity contribution < 1.29 is 19.3 Å². The Labute approximate surface area is 80.3 Å². The van der Waals surface area contributed by atoms with E-state index in [-0.39, 0.29) is 12.8 Å². The maximum absolute atomic E-state index is 11.0. The maximum atomic E-state index is 11.0. The quantitative estimate of drug-likeness (QED) is 0.467. The van der Waals surface area contributed by atoms with E-state index in [9.17, 15) is 14.4 Å². The molecule has 0 saturated carbocycles. The van der Waals surface area contributed by atoms with Crippen LogP contribution in [0.3, 0.4) is 0 Å². The normalized spacial score (nSPS) is 15.9. The van der Waals surface area contributed by atoms with Crippen LogP contribution in [0.4, 0.5) is 4.79 Å². The highest BCUT2D eigenvalue weighted by Crippen LogP contribution is 2.10. The van der Waals surface area contributed by atoms with Crippen LogP contribution in [0.2, 0.25) is 0 Å². The number of hydrogen-bond acceptors (Lipinski definition) is 4. The highest BCUT2D eigenvalue weighted by Gasteiger charge is 2.31. The lowest BCUT2D eigenvalue weighted by Crippen LogP contribution is -2.42. The van der Waals surface area contributed by atoms with Crippen LogP contribution in [-0.4, -0.2) is 29.5 Å². The molecule has 78 valence electrons. The summed E-state index contributed by atoms with van der Waals surface area (Å²) in [7, 11) is 0. The Kier molecular flexibility index (Phi) is 3.41. The molecule has 0 bridgehead atoms. The van der Waals surface area contributed by atoms with Gasteiger partial charge in [0.15, 0.2) is 0 Å². The largest absolute Gasteiger partial charge is 0.340 e. The van der Waals surface area contributed by atoms with Crippen molar-refractivity contribution in [2.45, 2.75) is 19.8 Å². The molecule has 4 amide bonds. The SMILES string of the molecule is CCNC(=O)NON1C(=O)CCC1=O. The summed E-state index contributed by atoms with van der Waals surface area (Å²) >= 11 is 0. The number of amides is 4. The maximum Gasteiger partial charge on any atom is 0.340 e. The predicted molar refractivity (Wildman–Crippen MR) is 44.4 cm³/mol. The van der Waals surface area contributed by atoms with E-state index in [1.807, 2.05) is 5.48 Å². The Morgan fingerprint density at radius 3 is 2.50 bits per heavy atom. The van der Waals surface area contributed by atoms with E-state index in [0.717, 1.165) is 0 Å². The van der Waals surface area contributed by atoms with Crippen molar-refractivity contribution in [1.82, 2.24) is 15.9 Å². The number of nitrogens with one attached hydrogen (secondary N) is 2. The number of carbonyl (C=O) groups is 3. The molecule has 0 aromatic carbocycles. The topological polar surface area (TPSA) is 87.7 Å². The first-order valence-electron chi connectivity index (χ1n) is 4.21. The molecule has 1 saturated heterocycles. The van der Waals surface area contributed by atoms with Crippen LogP contribution in [0.1, 0.15) is 19.8 Å². The Bertz CT molecular complexity index is 250. The minimum Gasteiger partial charge on any atom is -0.337 e. The summed E-state index contributed by atoms with van der Waals surface area (Å²) in [6, 6.07) is -0.597. The van der Waals surface area contributed by atoms with Gasteiger partial charge in [0, 0.05) is 19.4 Å². The van der Waals surface area contributed by atoms with Gasteiger partial charge in [-0.1, -0.05) is 0 Å². The zero-order valence-electron chi connectivity index (χ0n) is 7.70. The summed E-state index contributed by atoms with van der Waals surface area (Å²) in [5, 5.41) is 2.93. The van der Waals surface area contributed by atoms with E-state index in [4.69, 9.17) is 0 Å². The van der Waals surface area contributed by atoms with Gasteiger partial charge in [0.25, 0.3) is 11.8 Å². The Hall–Kier alpha value is -1.63. The van der Waals surface area contributed by atoms with Crippen molar-refractivity contribution >= 4 is 17.8 Å². The van der Waals surface area contributed by atoms with Crippen LogP contribution in [0.15, 0.2) is 0 Å². The summed E-state index contributed by atoms with van der Waals surface area (Å²) < 4.78 is 0. The van der Waals surface area contributed by atoms with Gasteiger partial charge in [0.1, 0.15) is 0 Å². The summed E-state index contributed by atoms with van der Waals surface area (Å²) in [5.41, 5.74) is 1.92. The molecule has 0 unspecified atom stereocenters. The Balaban J connectivity index is 2.33. The predicted octanol–water partition coefficient (Wildman–Crippen LogP) is -0.699. The Morgan fingerprint density at radius 1 is 1.43 bits per heavy atom. The van der Waals surface area contributed by atoms with E-state index < -0.39 is 17.8 Å². The van der Waals surface area contributed by atoms with Gasteiger partial charge in [-0.25, -0.2) is 4.79 Å². The lowest BCUT2D eigenvalue weighted by Gasteiger charge is -2.12.